The predicted molar refractivity (Wildman–Crippen MR) is 97.3 cm³/mol. The number of piperidine rings is 1. The SMILES string of the molecule is COC(=O)/C=C1\CC[C@H](OC(C)=O)[C@H](COC(C)=O)N1Cc1ccccc1. The summed E-state index contributed by atoms with van der Waals surface area (Å²) < 4.78 is 15.5. The maximum absolute atomic E-state index is 11.8. The highest BCUT2D eigenvalue weighted by Crippen LogP contribution is 2.30. The van der Waals surface area contributed by atoms with Crippen molar-refractivity contribution in [3.8, 4) is 0 Å². The monoisotopic (exact) mass is 375 g/mol. The van der Waals surface area contributed by atoms with Crippen LogP contribution in [0, 0.1) is 0 Å². The Morgan fingerprint density at radius 3 is 2.44 bits per heavy atom. The zero-order valence-electron chi connectivity index (χ0n) is 15.8. The minimum Gasteiger partial charge on any atom is -0.466 e. The molecule has 0 unspecified atom stereocenters. The fraction of sp³-hybridized carbons (Fsp3) is 0.450. The summed E-state index contributed by atoms with van der Waals surface area (Å²) in [6.07, 6.45) is 2.06. The number of nitrogens with zero attached hydrogens (tertiary/aromatic N) is 1. The number of methoxy groups -OCH3 is 1. The van der Waals surface area contributed by atoms with Crippen molar-refractivity contribution in [1.29, 1.82) is 0 Å². The van der Waals surface area contributed by atoms with Crippen molar-refractivity contribution in [2.75, 3.05) is 13.7 Å². The van der Waals surface area contributed by atoms with E-state index in [-0.39, 0.29) is 6.61 Å². The highest BCUT2D eigenvalue weighted by molar-refractivity contribution is 5.82. The van der Waals surface area contributed by atoms with Crippen LogP contribution >= 0.6 is 0 Å². The van der Waals surface area contributed by atoms with Crippen LogP contribution in [0.1, 0.15) is 32.3 Å². The van der Waals surface area contributed by atoms with Crippen molar-refractivity contribution in [3.05, 3.63) is 47.7 Å². The lowest BCUT2D eigenvalue weighted by Crippen LogP contribution is -2.51. The molecule has 7 heteroatoms. The standard InChI is InChI=1S/C20H25NO6/c1-14(22)26-13-18-19(27-15(2)23)10-9-17(11-20(24)25-3)21(18)12-16-7-5-4-6-8-16/h4-8,11,18-19H,9-10,12-13H2,1-3H3/b17-11+/t18-,19-/m0/s1. The average molecular weight is 375 g/mol. The summed E-state index contributed by atoms with van der Waals surface area (Å²) in [5.41, 5.74) is 1.77. The van der Waals surface area contributed by atoms with Crippen LogP contribution in [0.3, 0.4) is 0 Å². The van der Waals surface area contributed by atoms with Gasteiger partial charge in [-0.3, -0.25) is 9.59 Å². The van der Waals surface area contributed by atoms with Crippen LogP contribution in [0.4, 0.5) is 0 Å². The first-order valence-corrected chi connectivity index (χ1v) is 8.80. The summed E-state index contributed by atoms with van der Waals surface area (Å²) in [6.45, 7) is 3.21. The Hall–Kier alpha value is -2.83. The zero-order valence-corrected chi connectivity index (χ0v) is 15.8. The minimum atomic E-state index is -0.458. The van der Waals surface area contributed by atoms with Gasteiger partial charge in [-0.1, -0.05) is 30.3 Å². The Morgan fingerprint density at radius 2 is 1.85 bits per heavy atom. The van der Waals surface area contributed by atoms with E-state index >= 15 is 0 Å². The van der Waals surface area contributed by atoms with E-state index in [0.29, 0.717) is 19.4 Å². The molecule has 0 spiro atoms. The summed E-state index contributed by atoms with van der Waals surface area (Å²) in [4.78, 5) is 36.6. The van der Waals surface area contributed by atoms with Crippen LogP contribution in [-0.2, 0) is 35.1 Å². The van der Waals surface area contributed by atoms with Gasteiger partial charge >= 0.3 is 17.9 Å². The van der Waals surface area contributed by atoms with Gasteiger partial charge in [-0.15, -0.1) is 0 Å². The van der Waals surface area contributed by atoms with E-state index < -0.39 is 30.1 Å². The van der Waals surface area contributed by atoms with Gasteiger partial charge < -0.3 is 19.1 Å². The molecule has 146 valence electrons. The van der Waals surface area contributed by atoms with E-state index in [1.54, 1.807) is 0 Å². The molecule has 1 aliphatic heterocycles. The molecule has 0 bridgehead atoms. The molecule has 1 fully saturated rings. The molecule has 1 aromatic carbocycles. The molecule has 1 aromatic rings. The van der Waals surface area contributed by atoms with Gasteiger partial charge in [0.1, 0.15) is 18.8 Å². The summed E-state index contributed by atoms with van der Waals surface area (Å²) in [5, 5.41) is 0. The van der Waals surface area contributed by atoms with Crippen LogP contribution < -0.4 is 0 Å². The highest BCUT2D eigenvalue weighted by atomic mass is 16.6. The van der Waals surface area contributed by atoms with E-state index in [0.717, 1.165) is 11.3 Å². The molecule has 1 aliphatic rings. The van der Waals surface area contributed by atoms with Gasteiger partial charge in [-0.2, -0.15) is 0 Å². The van der Waals surface area contributed by atoms with E-state index in [2.05, 4.69) is 0 Å². The number of carbonyl (C=O) groups excluding carboxylic acids is 3. The zero-order chi connectivity index (χ0) is 19.8. The largest absolute Gasteiger partial charge is 0.466 e. The minimum absolute atomic E-state index is 0.0542. The second-order valence-electron chi connectivity index (χ2n) is 6.33. The molecule has 0 aliphatic carbocycles. The molecule has 1 saturated heterocycles. The van der Waals surface area contributed by atoms with Gasteiger partial charge in [0.15, 0.2) is 0 Å². The van der Waals surface area contributed by atoms with Crippen LogP contribution in [0.25, 0.3) is 0 Å². The number of allylic oxidation sites excluding steroid dienone is 1. The summed E-state index contributed by atoms with van der Waals surface area (Å²) in [7, 11) is 1.32. The molecule has 7 nitrogen and oxygen atoms in total. The van der Waals surface area contributed by atoms with E-state index in [9.17, 15) is 14.4 Å². The second-order valence-corrected chi connectivity index (χ2v) is 6.33. The summed E-state index contributed by atoms with van der Waals surface area (Å²) >= 11 is 0. The van der Waals surface area contributed by atoms with Crippen molar-refractivity contribution >= 4 is 17.9 Å². The van der Waals surface area contributed by atoms with Gasteiger partial charge in [0.05, 0.1) is 7.11 Å². The Balaban J connectivity index is 2.36. The Bertz CT molecular complexity index is 700. The second kappa shape index (κ2) is 9.75. The normalized spacial score (nSPS) is 20.9. The molecule has 0 saturated carbocycles. The fourth-order valence-electron chi connectivity index (χ4n) is 3.14. The Morgan fingerprint density at radius 1 is 1.15 bits per heavy atom. The number of benzene rings is 1. The van der Waals surface area contributed by atoms with Gasteiger partial charge in [0.2, 0.25) is 0 Å². The topological polar surface area (TPSA) is 82.1 Å². The van der Waals surface area contributed by atoms with Crippen molar-refractivity contribution in [2.45, 2.75) is 45.4 Å². The quantitative estimate of drug-likeness (QED) is 0.428. The molecule has 2 rings (SSSR count). The number of esters is 3. The number of rotatable bonds is 6. The summed E-state index contributed by atoms with van der Waals surface area (Å²) in [6, 6.07) is 9.30. The van der Waals surface area contributed by atoms with Gasteiger partial charge in [0.25, 0.3) is 0 Å². The fourth-order valence-corrected chi connectivity index (χ4v) is 3.14. The van der Waals surface area contributed by atoms with Gasteiger partial charge in [0, 0.05) is 32.2 Å². The van der Waals surface area contributed by atoms with Crippen LogP contribution in [-0.4, -0.2) is 48.7 Å². The third-order valence-electron chi connectivity index (χ3n) is 4.34. The first-order chi connectivity index (χ1) is 12.9. The Kier molecular flexibility index (Phi) is 7.40. The number of hydrogen-bond acceptors (Lipinski definition) is 7. The third kappa shape index (κ3) is 6.13. The smallest absolute Gasteiger partial charge is 0.332 e. The van der Waals surface area contributed by atoms with E-state index in [1.807, 2.05) is 35.2 Å². The van der Waals surface area contributed by atoms with Crippen molar-refractivity contribution < 1.29 is 28.6 Å². The molecular weight excluding hydrogens is 350 g/mol. The average Bonchev–Trinajstić information content (AvgIpc) is 2.63. The first-order valence-electron chi connectivity index (χ1n) is 8.80. The van der Waals surface area contributed by atoms with E-state index in [4.69, 9.17) is 14.2 Å². The molecule has 0 amide bonds. The number of hydrogen-bond donors (Lipinski definition) is 0. The molecular formula is C20H25NO6. The molecule has 2 atom stereocenters. The van der Waals surface area contributed by atoms with Crippen molar-refractivity contribution in [1.82, 2.24) is 4.90 Å². The van der Waals surface area contributed by atoms with Crippen molar-refractivity contribution in [3.63, 3.8) is 0 Å². The Labute approximate surface area is 158 Å². The third-order valence-corrected chi connectivity index (χ3v) is 4.34. The lowest BCUT2D eigenvalue weighted by Gasteiger charge is -2.43. The molecule has 0 N–H and O–H groups in total. The van der Waals surface area contributed by atoms with Crippen LogP contribution in [0.5, 0.6) is 0 Å². The predicted octanol–water partition coefficient (Wildman–Crippen LogP) is 2.20. The van der Waals surface area contributed by atoms with Gasteiger partial charge in [-0.25, -0.2) is 4.79 Å². The molecule has 27 heavy (non-hydrogen) atoms. The number of likely N-dealkylation sites (tertiary alicyclic amines) is 1. The molecule has 0 radical (unpaired) electrons. The number of carbonyl (C=O) groups is 3. The lowest BCUT2D eigenvalue weighted by molar-refractivity contribution is -0.156. The van der Waals surface area contributed by atoms with E-state index in [1.165, 1.54) is 27.0 Å². The van der Waals surface area contributed by atoms with Crippen LogP contribution in [0.15, 0.2) is 42.1 Å². The first kappa shape index (κ1) is 20.5. The molecule has 1 heterocycles. The maximum Gasteiger partial charge on any atom is 0.332 e. The van der Waals surface area contributed by atoms with Gasteiger partial charge in [-0.05, 0) is 18.4 Å². The van der Waals surface area contributed by atoms with Crippen LogP contribution in [0.2, 0.25) is 0 Å². The molecule has 0 aromatic heterocycles. The summed E-state index contributed by atoms with van der Waals surface area (Å²) in [5.74, 6) is -1.27. The lowest BCUT2D eigenvalue weighted by atomic mass is 9.95. The maximum atomic E-state index is 11.8. The highest BCUT2D eigenvalue weighted by Gasteiger charge is 2.37. The van der Waals surface area contributed by atoms with Crippen molar-refractivity contribution in [2.24, 2.45) is 0 Å². The number of ether oxygens (including phenoxy) is 3.